The molecule has 0 aliphatic carbocycles. The largest absolute Gasteiger partial charge is 0.497 e. The summed E-state index contributed by atoms with van der Waals surface area (Å²) in [5, 5.41) is 3.52. The van der Waals surface area contributed by atoms with Gasteiger partial charge >= 0.3 is 5.97 Å². The Hall–Kier alpha value is -3.89. The highest BCUT2D eigenvalue weighted by Gasteiger charge is 2.21. The van der Waals surface area contributed by atoms with Gasteiger partial charge in [0.1, 0.15) is 10.6 Å². The van der Waals surface area contributed by atoms with Gasteiger partial charge in [0.05, 0.1) is 24.8 Å². The van der Waals surface area contributed by atoms with E-state index in [2.05, 4.69) is 10.0 Å². The molecule has 0 radical (unpaired) electrons. The van der Waals surface area contributed by atoms with Crippen molar-refractivity contribution in [2.75, 3.05) is 24.3 Å². The first-order valence-corrected chi connectivity index (χ1v) is 12.3. The molecule has 1 heterocycles. The maximum absolute atomic E-state index is 12.9. The van der Waals surface area contributed by atoms with Crippen molar-refractivity contribution in [3.63, 3.8) is 0 Å². The Morgan fingerprint density at radius 2 is 1.56 bits per heavy atom. The molecule has 0 saturated carbocycles. The van der Waals surface area contributed by atoms with Gasteiger partial charge in [-0.25, -0.2) is 13.2 Å². The predicted molar refractivity (Wildman–Crippen MR) is 131 cm³/mol. The summed E-state index contributed by atoms with van der Waals surface area (Å²) in [6.07, 6.45) is 0. The highest BCUT2D eigenvalue weighted by molar-refractivity contribution is 7.92. The standard InChI is InChI=1S/C24H20N2O6S2/c1-31-17-11-13-18(14-12-17)34(29,30)26-16-9-7-15(8-10-16)23(27)25-21-19-5-3-4-6-20(19)33-22(21)24(28)32-2/h3-14,26H,1-2H3,(H,25,27). The van der Waals surface area contributed by atoms with Crippen LogP contribution in [0.2, 0.25) is 0 Å². The number of carbonyl (C=O) groups is 2. The lowest BCUT2D eigenvalue weighted by atomic mass is 10.1. The van der Waals surface area contributed by atoms with E-state index >= 15 is 0 Å². The van der Waals surface area contributed by atoms with Crippen LogP contribution >= 0.6 is 11.3 Å². The molecule has 34 heavy (non-hydrogen) atoms. The monoisotopic (exact) mass is 496 g/mol. The van der Waals surface area contributed by atoms with Crippen molar-refractivity contribution in [2.24, 2.45) is 0 Å². The Morgan fingerprint density at radius 1 is 0.882 bits per heavy atom. The summed E-state index contributed by atoms with van der Waals surface area (Å²) in [6, 6.07) is 19.3. The molecular formula is C24H20N2O6S2. The number of hydrogen-bond donors (Lipinski definition) is 2. The molecule has 0 bridgehead atoms. The van der Waals surface area contributed by atoms with E-state index < -0.39 is 21.9 Å². The number of anilines is 2. The molecule has 0 unspecified atom stereocenters. The van der Waals surface area contributed by atoms with E-state index in [1.807, 2.05) is 24.3 Å². The Balaban J connectivity index is 1.53. The topological polar surface area (TPSA) is 111 Å². The Kier molecular flexibility index (Phi) is 6.53. The van der Waals surface area contributed by atoms with E-state index in [0.29, 0.717) is 27.6 Å². The highest BCUT2D eigenvalue weighted by atomic mass is 32.2. The van der Waals surface area contributed by atoms with E-state index in [9.17, 15) is 18.0 Å². The molecule has 8 nitrogen and oxygen atoms in total. The zero-order valence-electron chi connectivity index (χ0n) is 18.2. The second-order valence-electron chi connectivity index (χ2n) is 7.11. The van der Waals surface area contributed by atoms with Gasteiger partial charge in [0.2, 0.25) is 0 Å². The molecule has 4 rings (SSSR count). The third-order valence-electron chi connectivity index (χ3n) is 4.97. The fourth-order valence-electron chi connectivity index (χ4n) is 3.25. The van der Waals surface area contributed by atoms with Crippen LogP contribution in [0.1, 0.15) is 20.0 Å². The predicted octanol–water partition coefficient (Wildman–Crippen LogP) is 4.75. The number of rotatable bonds is 7. The van der Waals surface area contributed by atoms with Crippen LogP contribution in [0.15, 0.2) is 77.7 Å². The number of sulfonamides is 1. The molecule has 10 heteroatoms. The van der Waals surface area contributed by atoms with Crippen LogP contribution in [0.5, 0.6) is 5.75 Å². The summed E-state index contributed by atoms with van der Waals surface area (Å²) >= 11 is 1.23. The van der Waals surface area contributed by atoms with Crippen molar-refractivity contribution in [1.82, 2.24) is 0 Å². The van der Waals surface area contributed by atoms with E-state index in [4.69, 9.17) is 9.47 Å². The van der Waals surface area contributed by atoms with E-state index in [1.165, 1.54) is 62.0 Å². The Bertz CT molecular complexity index is 1460. The molecule has 0 atom stereocenters. The van der Waals surface area contributed by atoms with E-state index in [1.54, 1.807) is 12.1 Å². The van der Waals surface area contributed by atoms with Gasteiger partial charge < -0.3 is 14.8 Å². The summed E-state index contributed by atoms with van der Waals surface area (Å²) in [5.74, 6) is -0.443. The van der Waals surface area contributed by atoms with Crippen LogP contribution in [0.25, 0.3) is 10.1 Å². The van der Waals surface area contributed by atoms with Crippen molar-refractivity contribution in [3.8, 4) is 5.75 Å². The lowest BCUT2D eigenvalue weighted by Crippen LogP contribution is -2.15. The smallest absolute Gasteiger partial charge is 0.350 e. The lowest BCUT2D eigenvalue weighted by Gasteiger charge is -2.10. The highest BCUT2D eigenvalue weighted by Crippen LogP contribution is 2.36. The van der Waals surface area contributed by atoms with Crippen molar-refractivity contribution in [3.05, 3.63) is 83.2 Å². The summed E-state index contributed by atoms with van der Waals surface area (Å²) < 4.78 is 38.4. The summed E-state index contributed by atoms with van der Waals surface area (Å²) in [6.45, 7) is 0. The maximum atomic E-state index is 12.9. The van der Waals surface area contributed by atoms with Gasteiger partial charge in [-0.2, -0.15) is 0 Å². The molecule has 1 aromatic heterocycles. The van der Waals surface area contributed by atoms with Gasteiger partial charge in [0, 0.05) is 21.3 Å². The molecular weight excluding hydrogens is 476 g/mol. The molecule has 0 aliphatic rings. The average molecular weight is 497 g/mol. The lowest BCUT2D eigenvalue weighted by molar-refractivity contribution is 0.0607. The number of methoxy groups -OCH3 is 2. The van der Waals surface area contributed by atoms with Crippen LogP contribution in [-0.4, -0.2) is 34.5 Å². The number of benzene rings is 3. The number of amides is 1. The summed E-state index contributed by atoms with van der Waals surface area (Å²) in [7, 11) is -1.03. The quantitative estimate of drug-likeness (QED) is 0.357. The molecule has 0 fully saturated rings. The minimum absolute atomic E-state index is 0.0785. The third-order valence-corrected chi connectivity index (χ3v) is 7.52. The average Bonchev–Trinajstić information content (AvgIpc) is 3.22. The van der Waals surface area contributed by atoms with E-state index in [0.717, 1.165) is 10.1 Å². The number of nitrogens with one attached hydrogen (secondary N) is 2. The SMILES string of the molecule is COC(=O)c1sc2ccccc2c1NC(=O)c1ccc(NS(=O)(=O)c2ccc(OC)cc2)cc1. The molecule has 0 saturated heterocycles. The molecule has 0 aliphatic heterocycles. The third kappa shape index (κ3) is 4.73. The van der Waals surface area contributed by atoms with Crippen molar-refractivity contribution < 1.29 is 27.5 Å². The minimum Gasteiger partial charge on any atom is -0.497 e. The Morgan fingerprint density at radius 3 is 2.21 bits per heavy atom. The number of hydrogen-bond acceptors (Lipinski definition) is 7. The van der Waals surface area contributed by atoms with Gasteiger partial charge in [0.25, 0.3) is 15.9 Å². The molecule has 0 spiro atoms. The first-order chi connectivity index (χ1) is 16.3. The fraction of sp³-hybridized carbons (Fsp3) is 0.0833. The molecule has 4 aromatic rings. The van der Waals surface area contributed by atoms with Gasteiger partial charge in [-0.05, 0) is 54.6 Å². The van der Waals surface area contributed by atoms with Crippen molar-refractivity contribution in [2.45, 2.75) is 4.90 Å². The number of esters is 1. The number of fused-ring (bicyclic) bond motifs is 1. The second-order valence-corrected chi connectivity index (χ2v) is 9.84. The van der Waals surface area contributed by atoms with Crippen LogP contribution in [-0.2, 0) is 14.8 Å². The van der Waals surface area contributed by atoms with Gasteiger partial charge in [0.15, 0.2) is 0 Å². The normalized spacial score (nSPS) is 11.1. The van der Waals surface area contributed by atoms with Crippen LogP contribution < -0.4 is 14.8 Å². The van der Waals surface area contributed by atoms with Crippen molar-refractivity contribution in [1.29, 1.82) is 0 Å². The first-order valence-electron chi connectivity index (χ1n) is 10.0. The van der Waals surface area contributed by atoms with Crippen LogP contribution in [0.4, 0.5) is 11.4 Å². The van der Waals surface area contributed by atoms with Gasteiger partial charge in [-0.15, -0.1) is 11.3 Å². The van der Waals surface area contributed by atoms with Crippen LogP contribution in [0.3, 0.4) is 0 Å². The summed E-state index contributed by atoms with van der Waals surface area (Å²) in [5.41, 5.74) is 0.962. The minimum atomic E-state index is -3.81. The fourth-order valence-corrected chi connectivity index (χ4v) is 5.39. The number of ether oxygens (including phenoxy) is 2. The molecule has 3 aromatic carbocycles. The molecule has 174 valence electrons. The Labute approximate surface area is 200 Å². The first kappa shape index (κ1) is 23.3. The van der Waals surface area contributed by atoms with Crippen LogP contribution in [0, 0.1) is 0 Å². The second kappa shape index (κ2) is 9.54. The van der Waals surface area contributed by atoms with E-state index in [-0.39, 0.29) is 4.90 Å². The number of carbonyl (C=O) groups excluding carboxylic acids is 2. The zero-order chi connectivity index (χ0) is 24.3. The van der Waals surface area contributed by atoms with Crippen molar-refractivity contribution >= 4 is 54.7 Å². The molecule has 2 N–H and O–H groups in total. The van der Waals surface area contributed by atoms with Gasteiger partial charge in [-0.3, -0.25) is 9.52 Å². The maximum Gasteiger partial charge on any atom is 0.350 e. The van der Waals surface area contributed by atoms with Gasteiger partial charge in [-0.1, -0.05) is 18.2 Å². The zero-order valence-corrected chi connectivity index (χ0v) is 19.8. The summed E-state index contributed by atoms with van der Waals surface area (Å²) in [4.78, 5) is 25.5. The molecule has 1 amide bonds. The number of thiophene rings is 1.